The Morgan fingerprint density at radius 3 is 2.44 bits per heavy atom. The Morgan fingerprint density at radius 1 is 1.26 bits per heavy atom. The normalized spacial score (nSPS) is 23.0. The molecule has 0 aliphatic heterocycles. The Morgan fingerprint density at radius 2 is 1.89 bits per heavy atom. The number of H-pyrrole nitrogens is 1. The van der Waals surface area contributed by atoms with Gasteiger partial charge in [-0.3, -0.25) is 0 Å². The van der Waals surface area contributed by atoms with Crippen molar-refractivity contribution in [3.8, 4) is 5.75 Å². The maximum absolute atomic E-state index is 12.2. The Bertz CT molecular complexity index is 797. The predicted molar refractivity (Wildman–Crippen MR) is 89.7 cm³/mol. The average Bonchev–Trinajstić information content (AvgIpc) is 3.03. The number of nitrogens with one attached hydrogen (secondary N) is 2. The molecule has 0 bridgehead atoms. The Labute approximate surface area is 152 Å². The van der Waals surface area contributed by atoms with E-state index in [0.29, 0.717) is 0 Å². The molecule has 0 atom stereocenters. The van der Waals surface area contributed by atoms with Gasteiger partial charge in [-0.2, -0.15) is 5.21 Å². The highest BCUT2D eigenvalue weighted by Gasteiger charge is 2.34. The Kier molecular flexibility index (Phi) is 4.99. The monoisotopic (exact) mass is 384 g/mol. The fourth-order valence-corrected chi connectivity index (χ4v) is 3.41. The molecule has 1 fully saturated rings. The van der Waals surface area contributed by atoms with Crippen LogP contribution in [0.3, 0.4) is 0 Å². The topological polar surface area (TPSA) is 100 Å². The van der Waals surface area contributed by atoms with Crippen LogP contribution in [-0.2, 0) is 0 Å². The summed E-state index contributed by atoms with van der Waals surface area (Å²) < 4.78 is 40.6. The molecule has 3 N–H and O–H groups in total. The van der Waals surface area contributed by atoms with Gasteiger partial charge in [-0.15, -0.1) is 23.4 Å². The number of benzene rings is 1. The van der Waals surface area contributed by atoms with Gasteiger partial charge in [0.1, 0.15) is 5.75 Å². The summed E-state index contributed by atoms with van der Waals surface area (Å²) in [5.41, 5.74) is 0.467. The first-order chi connectivity index (χ1) is 12.7. The second kappa shape index (κ2) is 7.09. The van der Waals surface area contributed by atoms with Crippen LogP contribution in [0.1, 0.15) is 54.6 Å². The SMILES string of the molecule is CC1(Nc2n[nH]nc2C(=O)O)CCC(c2ccc(OC(F)(F)F)cc2)CC1. The number of carboxylic acid groups (broad SMARTS) is 1. The summed E-state index contributed by atoms with van der Waals surface area (Å²) in [6, 6.07) is 5.96. The minimum absolute atomic E-state index is 0.154. The smallest absolute Gasteiger partial charge is 0.476 e. The van der Waals surface area contributed by atoms with Crippen LogP contribution in [0.15, 0.2) is 24.3 Å². The highest BCUT2D eigenvalue weighted by Crippen LogP contribution is 2.40. The number of carboxylic acids is 1. The van der Waals surface area contributed by atoms with Crippen LogP contribution in [0.4, 0.5) is 19.0 Å². The quantitative estimate of drug-likeness (QED) is 0.722. The molecular formula is C17H19F3N4O3. The van der Waals surface area contributed by atoms with Crippen molar-refractivity contribution in [2.24, 2.45) is 0 Å². The average molecular weight is 384 g/mol. The van der Waals surface area contributed by atoms with Crippen LogP contribution in [0.25, 0.3) is 0 Å². The molecular weight excluding hydrogens is 365 g/mol. The molecule has 1 saturated carbocycles. The van der Waals surface area contributed by atoms with Crippen molar-refractivity contribution < 1.29 is 27.8 Å². The van der Waals surface area contributed by atoms with E-state index in [4.69, 9.17) is 5.11 Å². The summed E-state index contributed by atoms with van der Waals surface area (Å²) in [4.78, 5) is 11.1. The molecule has 7 nitrogen and oxygen atoms in total. The fraction of sp³-hybridized carbons (Fsp3) is 0.471. The maximum Gasteiger partial charge on any atom is 0.573 e. The van der Waals surface area contributed by atoms with E-state index in [1.165, 1.54) is 12.1 Å². The van der Waals surface area contributed by atoms with Gasteiger partial charge in [0.2, 0.25) is 5.69 Å². The number of hydrogen-bond donors (Lipinski definition) is 3. The van der Waals surface area contributed by atoms with E-state index in [0.717, 1.165) is 31.2 Å². The van der Waals surface area contributed by atoms with E-state index in [1.807, 2.05) is 6.92 Å². The molecule has 0 unspecified atom stereocenters. The number of anilines is 1. The lowest BCUT2D eigenvalue weighted by atomic mass is 9.75. The van der Waals surface area contributed by atoms with E-state index < -0.39 is 12.3 Å². The molecule has 0 saturated heterocycles. The minimum atomic E-state index is -4.70. The highest BCUT2D eigenvalue weighted by molar-refractivity contribution is 5.90. The van der Waals surface area contributed by atoms with Gasteiger partial charge in [0.15, 0.2) is 5.82 Å². The van der Waals surface area contributed by atoms with Crippen LogP contribution >= 0.6 is 0 Å². The van der Waals surface area contributed by atoms with Gasteiger partial charge < -0.3 is 15.2 Å². The lowest BCUT2D eigenvalue weighted by Crippen LogP contribution is -2.39. The van der Waals surface area contributed by atoms with Crippen LogP contribution in [0.2, 0.25) is 0 Å². The molecule has 1 aromatic carbocycles. The number of halogens is 3. The van der Waals surface area contributed by atoms with Crippen LogP contribution in [0.5, 0.6) is 5.75 Å². The minimum Gasteiger partial charge on any atom is -0.476 e. The van der Waals surface area contributed by atoms with E-state index >= 15 is 0 Å². The van der Waals surface area contributed by atoms with Crippen molar-refractivity contribution in [3.05, 3.63) is 35.5 Å². The standard InChI is InChI=1S/C17H19F3N4O3/c1-16(21-14-13(15(25)26)22-24-23-14)8-6-11(7-9-16)10-2-4-12(5-3-10)27-17(18,19)20/h2-5,11H,6-9H2,1H3,(H,25,26)(H2,21,22,23,24). The van der Waals surface area contributed by atoms with Crippen molar-refractivity contribution >= 4 is 11.8 Å². The molecule has 1 heterocycles. The molecule has 0 amide bonds. The van der Waals surface area contributed by atoms with E-state index in [9.17, 15) is 18.0 Å². The third kappa shape index (κ3) is 4.69. The van der Waals surface area contributed by atoms with Crippen molar-refractivity contribution in [2.45, 2.75) is 50.4 Å². The Balaban J connectivity index is 1.61. The Hall–Kier alpha value is -2.78. The lowest BCUT2D eigenvalue weighted by Gasteiger charge is -2.38. The van der Waals surface area contributed by atoms with Gasteiger partial charge in [-0.25, -0.2) is 4.79 Å². The molecule has 0 spiro atoms. The highest BCUT2D eigenvalue weighted by atomic mass is 19.4. The van der Waals surface area contributed by atoms with E-state index in [-0.39, 0.29) is 28.7 Å². The zero-order valence-corrected chi connectivity index (χ0v) is 14.5. The molecule has 0 radical (unpaired) electrons. The van der Waals surface area contributed by atoms with E-state index in [2.05, 4.69) is 25.5 Å². The first kappa shape index (κ1) is 19.0. The summed E-state index contributed by atoms with van der Waals surface area (Å²) in [7, 11) is 0. The van der Waals surface area contributed by atoms with Gasteiger partial charge >= 0.3 is 12.3 Å². The van der Waals surface area contributed by atoms with Crippen molar-refractivity contribution in [1.29, 1.82) is 0 Å². The maximum atomic E-state index is 12.2. The van der Waals surface area contributed by atoms with Crippen LogP contribution in [-0.4, -0.2) is 38.4 Å². The number of aromatic amines is 1. The van der Waals surface area contributed by atoms with Crippen LogP contribution in [0, 0.1) is 0 Å². The molecule has 146 valence electrons. The van der Waals surface area contributed by atoms with Gasteiger partial charge in [0, 0.05) is 5.54 Å². The van der Waals surface area contributed by atoms with Gasteiger partial charge in [0.25, 0.3) is 0 Å². The first-order valence-electron chi connectivity index (χ1n) is 8.43. The molecule has 2 aromatic rings. The van der Waals surface area contributed by atoms with Gasteiger partial charge in [-0.1, -0.05) is 12.1 Å². The fourth-order valence-electron chi connectivity index (χ4n) is 3.41. The zero-order chi connectivity index (χ0) is 19.7. The predicted octanol–water partition coefficient (Wildman–Crippen LogP) is 3.93. The summed E-state index contributed by atoms with van der Waals surface area (Å²) in [5.74, 6) is -0.973. The number of aromatic carboxylic acids is 1. The zero-order valence-electron chi connectivity index (χ0n) is 14.5. The third-order valence-electron chi connectivity index (χ3n) is 4.84. The number of alkyl halides is 3. The third-order valence-corrected chi connectivity index (χ3v) is 4.84. The van der Waals surface area contributed by atoms with Crippen molar-refractivity contribution in [2.75, 3.05) is 5.32 Å². The number of nitrogens with zero attached hydrogens (tertiary/aromatic N) is 2. The summed E-state index contributed by atoms with van der Waals surface area (Å²) >= 11 is 0. The molecule has 3 rings (SSSR count). The number of aromatic nitrogens is 3. The van der Waals surface area contributed by atoms with E-state index in [1.54, 1.807) is 12.1 Å². The van der Waals surface area contributed by atoms with Gasteiger partial charge in [-0.05, 0) is 56.2 Å². The second-order valence-corrected chi connectivity index (χ2v) is 6.90. The van der Waals surface area contributed by atoms with Crippen molar-refractivity contribution in [3.63, 3.8) is 0 Å². The largest absolute Gasteiger partial charge is 0.573 e. The number of carbonyl (C=O) groups is 1. The van der Waals surface area contributed by atoms with Crippen LogP contribution < -0.4 is 10.1 Å². The number of rotatable bonds is 5. The summed E-state index contributed by atoms with van der Waals surface area (Å²) in [6.07, 6.45) is -1.57. The molecule has 27 heavy (non-hydrogen) atoms. The number of hydrogen-bond acceptors (Lipinski definition) is 5. The van der Waals surface area contributed by atoms with Crippen molar-refractivity contribution in [1.82, 2.24) is 15.4 Å². The molecule has 10 heteroatoms. The summed E-state index contributed by atoms with van der Waals surface area (Å²) in [6.45, 7) is 1.99. The first-order valence-corrected chi connectivity index (χ1v) is 8.43. The summed E-state index contributed by atoms with van der Waals surface area (Å²) in [5, 5.41) is 22.1. The van der Waals surface area contributed by atoms with Gasteiger partial charge in [0.05, 0.1) is 0 Å². The molecule has 1 aliphatic rings. The lowest BCUT2D eigenvalue weighted by molar-refractivity contribution is -0.274. The second-order valence-electron chi connectivity index (χ2n) is 6.90. The molecule has 1 aromatic heterocycles. The number of ether oxygens (including phenoxy) is 1. The molecule has 1 aliphatic carbocycles.